The summed E-state index contributed by atoms with van der Waals surface area (Å²) in [6, 6.07) is 0. The van der Waals surface area contributed by atoms with Gasteiger partial charge in [-0.2, -0.15) is 0 Å². The largest absolute Gasteiger partial charge is 0.381 e. The summed E-state index contributed by atoms with van der Waals surface area (Å²) in [7, 11) is 1.76. The van der Waals surface area contributed by atoms with E-state index in [1.165, 1.54) is 0 Å². The van der Waals surface area contributed by atoms with E-state index in [4.69, 9.17) is 4.74 Å². The average molecular weight is 154 g/mol. The highest BCUT2D eigenvalue weighted by Gasteiger charge is 2.53. The molecule has 0 aromatic rings. The standard InChI is InChI=1S/C9H14O2/c1-5-3-8(10)6-4-7(6)9(5)11-2/h5-7,9H,3-4H2,1-2H3/t5-,6+,7-,9-/m0/s1. The first-order valence-electron chi connectivity index (χ1n) is 4.29. The summed E-state index contributed by atoms with van der Waals surface area (Å²) in [5.74, 6) is 1.85. The molecule has 62 valence electrons. The fraction of sp³-hybridized carbons (Fsp3) is 0.889. The van der Waals surface area contributed by atoms with Crippen LogP contribution in [-0.4, -0.2) is 19.0 Å². The van der Waals surface area contributed by atoms with Crippen molar-refractivity contribution in [2.75, 3.05) is 7.11 Å². The van der Waals surface area contributed by atoms with Crippen molar-refractivity contribution in [3.63, 3.8) is 0 Å². The van der Waals surface area contributed by atoms with E-state index in [1.54, 1.807) is 7.11 Å². The summed E-state index contributed by atoms with van der Waals surface area (Å²) in [6.07, 6.45) is 2.18. The molecule has 4 atom stereocenters. The van der Waals surface area contributed by atoms with Crippen molar-refractivity contribution in [1.82, 2.24) is 0 Å². The van der Waals surface area contributed by atoms with Crippen LogP contribution in [-0.2, 0) is 9.53 Å². The molecule has 2 aliphatic carbocycles. The fourth-order valence-electron chi connectivity index (χ4n) is 2.36. The van der Waals surface area contributed by atoms with Gasteiger partial charge in [-0.1, -0.05) is 6.92 Å². The van der Waals surface area contributed by atoms with Crippen molar-refractivity contribution < 1.29 is 9.53 Å². The topological polar surface area (TPSA) is 26.3 Å². The Morgan fingerprint density at radius 3 is 2.91 bits per heavy atom. The van der Waals surface area contributed by atoms with Crippen molar-refractivity contribution in [3.8, 4) is 0 Å². The third-order valence-electron chi connectivity index (χ3n) is 3.03. The molecule has 0 unspecified atom stereocenters. The SMILES string of the molecule is CO[C@@H]1[C@H]2C[C@H]2C(=O)C[C@@H]1C. The smallest absolute Gasteiger partial charge is 0.136 e. The molecule has 0 bridgehead atoms. The van der Waals surface area contributed by atoms with Gasteiger partial charge in [0, 0.05) is 19.4 Å². The molecule has 2 saturated carbocycles. The third-order valence-corrected chi connectivity index (χ3v) is 3.03. The predicted molar refractivity (Wildman–Crippen MR) is 41.2 cm³/mol. The molecule has 0 aliphatic heterocycles. The van der Waals surface area contributed by atoms with Crippen molar-refractivity contribution in [1.29, 1.82) is 0 Å². The van der Waals surface area contributed by atoms with Gasteiger partial charge in [0.05, 0.1) is 6.10 Å². The number of rotatable bonds is 1. The lowest BCUT2D eigenvalue weighted by Gasteiger charge is -2.26. The Morgan fingerprint density at radius 2 is 2.27 bits per heavy atom. The van der Waals surface area contributed by atoms with Gasteiger partial charge in [-0.05, 0) is 18.3 Å². The molecule has 0 aromatic carbocycles. The van der Waals surface area contributed by atoms with Gasteiger partial charge in [-0.15, -0.1) is 0 Å². The molecule has 0 N–H and O–H groups in total. The first-order chi connectivity index (χ1) is 5.24. The predicted octanol–water partition coefficient (Wildman–Crippen LogP) is 1.25. The molecule has 2 nitrogen and oxygen atoms in total. The molecule has 2 fully saturated rings. The Labute approximate surface area is 66.9 Å². The molecule has 2 heteroatoms. The van der Waals surface area contributed by atoms with Gasteiger partial charge in [-0.3, -0.25) is 4.79 Å². The monoisotopic (exact) mass is 154 g/mol. The molecule has 2 aliphatic rings. The van der Waals surface area contributed by atoms with Gasteiger partial charge in [0.15, 0.2) is 0 Å². The van der Waals surface area contributed by atoms with Crippen LogP contribution in [0.3, 0.4) is 0 Å². The number of methoxy groups -OCH3 is 1. The fourth-order valence-corrected chi connectivity index (χ4v) is 2.36. The lowest BCUT2D eigenvalue weighted by molar-refractivity contribution is -0.125. The van der Waals surface area contributed by atoms with Crippen molar-refractivity contribution in [2.45, 2.75) is 25.9 Å². The highest BCUT2D eigenvalue weighted by Crippen LogP contribution is 2.50. The maximum Gasteiger partial charge on any atom is 0.136 e. The molecule has 2 rings (SSSR count). The molecule has 0 amide bonds. The first kappa shape index (κ1) is 7.29. The number of hydrogen-bond acceptors (Lipinski definition) is 2. The summed E-state index contributed by atoms with van der Waals surface area (Å²) in [6.45, 7) is 2.11. The number of ketones is 1. The zero-order valence-electron chi connectivity index (χ0n) is 7.04. The minimum absolute atomic E-state index is 0.359. The number of carbonyl (C=O) groups is 1. The highest BCUT2D eigenvalue weighted by molar-refractivity contribution is 5.85. The van der Waals surface area contributed by atoms with Crippen LogP contribution in [0.2, 0.25) is 0 Å². The Hall–Kier alpha value is -0.370. The van der Waals surface area contributed by atoms with Crippen LogP contribution in [0.5, 0.6) is 0 Å². The van der Waals surface area contributed by atoms with Crippen LogP contribution in [0, 0.1) is 17.8 Å². The number of ether oxygens (including phenoxy) is 1. The molecule has 0 radical (unpaired) electrons. The van der Waals surface area contributed by atoms with Gasteiger partial charge < -0.3 is 4.74 Å². The highest BCUT2D eigenvalue weighted by atomic mass is 16.5. The van der Waals surface area contributed by atoms with E-state index in [1.807, 2.05) is 0 Å². The molecule has 11 heavy (non-hydrogen) atoms. The Balaban J connectivity index is 2.09. The second kappa shape index (κ2) is 2.31. The van der Waals surface area contributed by atoms with Crippen LogP contribution < -0.4 is 0 Å². The first-order valence-corrected chi connectivity index (χ1v) is 4.29. The number of hydrogen-bond donors (Lipinski definition) is 0. The quantitative estimate of drug-likeness (QED) is 0.568. The molecule has 0 heterocycles. The van der Waals surface area contributed by atoms with E-state index in [0.29, 0.717) is 29.6 Å². The van der Waals surface area contributed by atoms with Crippen LogP contribution in [0.15, 0.2) is 0 Å². The van der Waals surface area contributed by atoms with Crippen LogP contribution in [0.25, 0.3) is 0 Å². The van der Waals surface area contributed by atoms with Crippen molar-refractivity contribution in [2.24, 2.45) is 17.8 Å². The third kappa shape index (κ3) is 1.00. The second-order valence-corrected chi connectivity index (χ2v) is 3.85. The minimum Gasteiger partial charge on any atom is -0.381 e. The minimum atomic E-state index is 0.359. The lowest BCUT2D eigenvalue weighted by Crippen LogP contribution is -2.31. The summed E-state index contributed by atoms with van der Waals surface area (Å²) >= 11 is 0. The van der Waals surface area contributed by atoms with Crippen LogP contribution in [0.4, 0.5) is 0 Å². The average Bonchev–Trinajstić information content (AvgIpc) is 2.67. The summed E-state index contributed by atoms with van der Waals surface area (Å²) in [5, 5.41) is 0. The van der Waals surface area contributed by atoms with Gasteiger partial charge in [0.1, 0.15) is 5.78 Å². The number of Topliss-reactive ketones (excluding diaryl/α,β-unsaturated/α-hetero) is 1. The van der Waals surface area contributed by atoms with Gasteiger partial charge >= 0.3 is 0 Å². The Kier molecular flexibility index (Phi) is 1.53. The maximum absolute atomic E-state index is 11.3. The Morgan fingerprint density at radius 1 is 1.55 bits per heavy atom. The number of carbonyl (C=O) groups excluding carboxylic acids is 1. The van der Waals surface area contributed by atoms with Gasteiger partial charge in [0.2, 0.25) is 0 Å². The van der Waals surface area contributed by atoms with Crippen molar-refractivity contribution >= 4 is 5.78 Å². The normalized spacial score (nSPS) is 48.7. The molecule has 0 saturated heterocycles. The van der Waals surface area contributed by atoms with E-state index in [0.717, 1.165) is 12.8 Å². The summed E-state index contributed by atoms with van der Waals surface area (Å²) in [5.41, 5.74) is 0. The van der Waals surface area contributed by atoms with E-state index < -0.39 is 0 Å². The van der Waals surface area contributed by atoms with E-state index in [9.17, 15) is 4.79 Å². The van der Waals surface area contributed by atoms with Gasteiger partial charge in [-0.25, -0.2) is 0 Å². The van der Waals surface area contributed by atoms with Crippen LogP contribution >= 0.6 is 0 Å². The number of fused-ring (bicyclic) bond motifs is 1. The van der Waals surface area contributed by atoms with Crippen LogP contribution in [0.1, 0.15) is 19.8 Å². The summed E-state index contributed by atoms with van der Waals surface area (Å²) in [4.78, 5) is 11.3. The zero-order chi connectivity index (χ0) is 8.01. The van der Waals surface area contributed by atoms with Gasteiger partial charge in [0.25, 0.3) is 0 Å². The lowest BCUT2D eigenvalue weighted by atomic mass is 9.87. The second-order valence-electron chi connectivity index (χ2n) is 3.85. The summed E-state index contributed by atoms with van der Waals surface area (Å²) < 4.78 is 5.35. The van der Waals surface area contributed by atoms with Crippen molar-refractivity contribution in [3.05, 3.63) is 0 Å². The Bertz CT molecular complexity index is 186. The zero-order valence-corrected chi connectivity index (χ0v) is 7.04. The van der Waals surface area contributed by atoms with E-state index in [2.05, 4.69) is 6.92 Å². The van der Waals surface area contributed by atoms with E-state index in [-0.39, 0.29) is 0 Å². The molecular weight excluding hydrogens is 140 g/mol. The van der Waals surface area contributed by atoms with E-state index >= 15 is 0 Å². The molecule has 0 aromatic heterocycles. The molecular formula is C9H14O2. The molecule has 0 spiro atoms. The maximum atomic E-state index is 11.3.